The molecule has 0 aromatic heterocycles. The molecule has 0 saturated heterocycles. The number of nitrogens with one attached hydrogen (secondary N) is 2. The Morgan fingerprint density at radius 3 is 1.45 bits per heavy atom. The van der Waals surface area contributed by atoms with Crippen molar-refractivity contribution in [3.05, 3.63) is 0 Å². The van der Waals surface area contributed by atoms with Crippen LogP contribution in [0.1, 0.15) is 13.8 Å². The van der Waals surface area contributed by atoms with E-state index >= 15 is 0 Å². The molecule has 8 heteroatoms. The van der Waals surface area contributed by atoms with Crippen LogP contribution in [0.3, 0.4) is 0 Å². The number of rotatable bonds is 6. The van der Waals surface area contributed by atoms with Crippen LogP contribution in [-0.4, -0.2) is 50.1 Å². The maximum atomic E-state index is 11.2. The summed E-state index contributed by atoms with van der Waals surface area (Å²) in [6, 6.07) is 0. The van der Waals surface area contributed by atoms with Crippen LogP contribution in [0.15, 0.2) is 0 Å². The van der Waals surface area contributed by atoms with Gasteiger partial charge in [-0.25, -0.2) is 0 Å². The molecule has 118 valence electrons. The van der Waals surface area contributed by atoms with E-state index in [2.05, 4.69) is 43.8 Å². The molecule has 0 aliphatic carbocycles. The first-order valence-electron chi connectivity index (χ1n) is 6.38. The highest BCUT2D eigenvalue weighted by atomic mass is 16.5. The number of esters is 2. The highest BCUT2D eigenvalue weighted by molar-refractivity contribution is 5.98. The monoisotopic (exact) mass is 308 g/mol. The van der Waals surface area contributed by atoms with Gasteiger partial charge in [0.15, 0.2) is 0 Å². The van der Waals surface area contributed by atoms with E-state index in [0.29, 0.717) is 0 Å². The third-order valence-electron chi connectivity index (χ3n) is 1.81. The topological polar surface area (TPSA) is 111 Å². The number of ether oxygens (including phenoxy) is 2. The van der Waals surface area contributed by atoms with Gasteiger partial charge in [-0.05, 0) is 25.7 Å². The van der Waals surface area contributed by atoms with Crippen LogP contribution in [0.5, 0.6) is 0 Å². The molecule has 2 N–H and O–H groups in total. The SMILES string of the molecule is CCOC(=O)CNC(=O)C#CC#CC(=O)NCC(=O)OCC. The molecule has 0 bridgehead atoms. The van der Waals surface area contributed by atoms with Gasteiger partial charge in [0.2, 0.25) is 0 Å². The third kappa shape index (κ3) is 10.9. The molecule has 22 heavy (non-hydrogen) atoms. The van der Waals surface area contributed by atoms with E-state index in [1.54, 1.807) is 13.8 Å². The van der Waals surface area contributed by atoms with Crippen molar-refractivity contribution in [2.24, 2.45) is 0 Å². The van der Waals surface area contributed by atoms with Crippen molar-refractivity contribution < 1.29 is 28.7 Å². The van der Waals surface area contributed by atoms with Gasteiger partial charge in [-0.15, -0.1) is 0 Å². The Labute approximate surface area is 127 Å². The third-order valence-corrected chi connectivity index (χ3v) is 1.81. The molecule has 0 aliphatic heterocycles. The maximum absolute atomic E-state index is 11.2. The van der Waals surface area contributed by atoms with Gasteiger partial charge < -0.3 is 20.1 Å². The lowest BCUT2D eigenvalue weighted by Gasteiger charge is -2.00. The Kier molecular flexibility index (Phi) is 10.2. The van der Waals surface area contributed by atoms with Crippen LogP contribution in [0.25, 0.3) is 0 Å². The number of carbonyl (C=O) groups excluding carboxylic acids is 4. The summed E-state index contributed by atoms with van der Waals surface area (Å²) in [5, 5.41) is 4.39. The zero-order valence-electron chi connectivity index (χ0n) is 12.3. The second-order valence-corrected chi connectivity index (χ2v) is 3.48. The smallest absolute Gasteiger partial charge is 0.325 e. The van der Waals surface area contributed by atoms with Crippen molar-refractivity contribution in [2.45, 2.75) is 13.8 Å². The second-order valence-electron chi connectivity index (χ2n) is 3.48. The fourth-order valence-electron chi connectivity index (χ4n) is 0.993. The standard InChI is InChI=1S/C14H16N2O6/c1-3-21-13(19)9-15-11(17)7-5-6-8-12(18)16-10-14(20)22-4-2/h3-4,9-10H2,1-2H3,(H,15,17)(H,16,18). The van der Waals surface area contributed by atoms with E-state index in [1.807, 2.05) is 0 Å². The van der Waals surface area contributed by atoms with Crippen molar-refractivity contribution >= 4 is 23.8 Å². The minimum atomic E-state index is -0.728. The predicted molar refractivity (Wildman–Crippen MR) is 74.8 cm³/mol. The normalized spacial score (nSPS) is 8.27. The van der Waals surface area contributed by atoms with E-state index in [1.165, 1.54) is 0 Å². The van der Waals surface area contributed by atoms with Gasteiger partial charge in [0, 0.05) is 11.8 Å². The Balaban J connectivity index is 4.08. The van der Waals surface area contributed by atoms with Gasteiger partial charge in [-0.1, -0.05) is 0 Å². The van der Waals surface area contributed by atoms with Gasteiger partial charge in [0.05, 0.1) is 13.2 Å². The van der Waals surface area contributed by atoms with Crippen molar-refractivity contribution in [3.8, 4) is 23.7 Å². The zero-order chi connectivity index (χ0) is 16.8. The molecule has 0 heterocycles. The lowest BCUT2D eigenvalue weighted by atomic mass is 10.4. The molecule has 0 spiro atoms. The molecule has 0 radical (unpaired) electrons. The quantitative estimate of drug-likeness (QED) is 0.449. The number of hydrogen-bond donors (Lipinski definition) is 2. The molecule has 0 aliphatic rings. The molecular weight excluding hydrogens is 292 g/mol. The fraction of sp³-hybridized carbons (Fsp3) is 0.429. The number of carbonyl (C=O) groups is 4. The Morgan fingerprint density at radius 2 is 1.14 bits per heavy atom. The number of amides is 2. The van der Waals surface area contributed by atoms with Crippen molar-refractivity contribution in [2.75, 3.05) is 26.3 Å². The summed E-state index contributed by atoms with van der Waals surface area (Å²) in [6.07, 6.45) is 0. The summed E-state index contributed by atoms with van der Waals surface area (Å²) in [6.45, 7) is 3.12. The summed E-state index contributed by atoms with van der Waals surface area (Å²) in [7, 11) is 0. The largest absolute Gasteiger partial charge is 0.465 e. The first-order valence-corrected chi connectivity index (χ1v) is 6.38. The summed E-state index contributed by atoms with van der Waals surface area (Å²) < 4.78 is 9.18. The molecule has 0 fully saturated rings. The molecule has 0 unspecified atom stereocenters. The van der Waals surface area contributed by atoms with Crippen LogP contribution in [0.4, 0.5) is 0 Å². The highest BCUT2D eigenvalue weighted by Gasteiger charge is 2.03. The van der Waals surface area contributed by atoms with Crippen LogP contribution in [0, 0.1) is 23.7 Å². The van der Waals surface area contributed by atoms with Crippen molar-refractivity contribution in [1.82, 2.24) is 10.6 Å². The summed E-state index contributed by atoms with van der Waals surface area (Å²) in [4.78, 5) is 44.2. The lowest BCUT2D eigenvalue weighted by Crippen LogP contribution is -2.29. The average molecular weight is 308 g/mol. The fourth-order valence-corrected chi connectivity index (χ4v) is 0.993. The first kappa shape index (κ1) is 19.0. The Bertz CT molecular complexity index is 497. The molecule has 0 aromatic carbocycles. The van der Waals surface area contributed by atoms with Gasteiger partial charge in [-0.3, -0.25) is 19.2 Å². The minimum absolute atomic E-state index is 0.215. The van der Waals surface area contributed by atoms with Crippen LogP contribution in [-0.2, 0) is 28.7 Å². The zero-order valence-corrected chi connectivity index (χ0v) is 12.3. The summed E-state index contributed by atoms with van der Waals surface area (Å²) >= 11 is 0. The molecule has 8 nitrogen and oxygen atoms in total. The predicted octanol–water partition coefficient (Wildman–Crippen LogP) is -1.65. The maximum Gasteiger partial charge on any atom is 0.325 e. The van der Waals surface area contributed by atoms with E-state index in [-0.39, 0.29) is 26.3 Å². The van der Waals surface area contributed by atoms with Crippen molar-refractivity contribution in [1.29, 1.82) is 0 Å². The molecule has 0 atom stereocenters. The van der Waals surface area contributed by atoms with E-state index in [4.69, 9.17) is 0 Å². The van der Waals surface area contributed by atoms with E-state index in [0.717, 1.165) is 0 Å². The van der Waals surface area contributed by atoms with Gasteiger partial charge in [0.1, 0.15) is 13.1 Å². The van der Waals surface area contributed by atoms with Crippen LogP contribution in [0.2, 0.25) is 0 Å². The van der Waals surface area contributed by atoms with Gasteiger partial charge in [0.25, 0.3) is 11.8 Å². The van der Waals surface area contributed by atoms with Crippen molar-refractivity contribution in [3.63, 3.8) is 0 Å². The minimum Gasteiger partial charge on any atom is -0.465 e. The van der Waals surface area contributed by atoms with Crippen LogP contribution >= 0.6 is 0 Å². The van der Waals surface area contributed by atoms with Crippen LogP contribution < -0.4 is 10.6 Å². The summed E-state index contributed by atoms with van der Waals surface area (Å²) in [5.41, 5.74) is 0. The highest BCUT2D eigenvalue weighted by Crippen LogP contribution is 1.76. The Hall–Kier alpha value is -3.00. The van der Waals surface area contributed by atoms with Gasteiger partial charge in [-0.2, -0.15) is 0 Å². The second kappa shape index (κ2) is 11.8. The van der Waals surface area contributed by atoms with E-state index < -0.39 is 23.8 Å². The lowest BCUT2D eigenvalue weighted by molar-refractivity contribution is -0.143. The molecule has 0 saturated carbocycles. The van der Waals surface area contributed by atoms with Gasteiger partial charge >= 0.3 is 11.9 Å². The molecular formula is C14H16N2O6. The summed E-state index contributed by atoms with van der Waals surface area (Å²) in [5.74, 6) is 5.78. The first-order chi connectivity index (χ1) is 10.5. The Morgan fingerprint density at radius 1 is 0.773 bits per heavy atom. The molecule has 2 amide bonds. The number of hydrogen-bond acceptors (Lipinski definition) is 6. The molecule has 0 rings (SSSR count). The molecule has 0 aromatic rings. The van der Waals surface area contributed by atoms with E-state index in [9.17, 15) is 19.2 Å². The average Bonchev–Trinajstić information content (AvgIpc) is 2.48.